The first-order chi connectivity index (χ1) is 13.9. The molecule has 0 fully saturated rings. The highest BCUT2D eigenvalue weighted by Crippen LogP contribution is 2.52. The fraction of sp³-hybridized carbons (Fsp3) is 0.250. The SMILES string of the molecule is Cc1ccccc1COP(=O)(OCc1ccccc1C)Oc1c(C)cccc1C. The summed E-state index contributed by atoms with van der Waals surface area (Å²) in [6.45, 7) is 8.09. The van der Waals surface area contributed by atoms with Crippen molar-refractivity contribution in [3.63, 3.8) is 0 Å². The van der Waals surface area contributed by atoms with Gasteiger partial charge in [-0.25, -0.2) is 4.57 Å². The highest BCUT2D eigenvalue weighted by molar-refractivity contribution is 7.48. The number of hydrogen-bond acceptors (Lipinski definition) is 4. The Balaban J connectivity index is 1.84. The van der Waals surface area contributed by atoms with Crippen LogP contribution in [-0.4, -0.2) is 0 Å². The summed E-state index contributed by atoms with van der Waals surface area (Å²) < 4.78 is 31.1. The number of aryl methyl sites for hydroxylation is 4. The summed E-state index contributed by atoms with van der Waals surface area (Å²) in [5.74, 6) is 0.533. The molecule has 3 aromatic rings. The molecule has 0 atom stereocenters. The van der Waals surface area contributed by atoms with Gasteiger partial charge in [0.2, 0.25) is 0 Å². The molecule has 0 bridgehead atoms. The average Bonchev–Trinajstić information content (AvgIpc) is 2.70. The normalized spacial score (nSPS) is 11.4. The van der Waals surface area contributed by atoms with Crippen LogP contribution in [0, 0.1) is 27.7 Å². The Bertz CT molecular complexity index is 955. The smallest absolute Gasteiger partial charge is 0.403 e. The van der Waals surface area contributed by atoms with E-state index in [2.05, 4.69) is 0 Å². The summed E-state index contributed by atoms with van der Waals surface area (Å²) >= 11 is 0. The van der Waals surface area contributed by atoms with Crippen molar-refractivity contribution in [3.8, 4) is 5.75 Å². The first-order valence-electron chi connectivity index (χ1n) is 9.62. The minimum atomic E-state index is -3.87. The molecule has 4 nitrogen and oxygen atoms in total. The van der Waals surface area contributed by atoms with Crippen LogP contribution in [0.3, 0.4) is 0 Å². The highest BCUT2D eigenvalue weighted by Gasteiger charge is 2.30. The second-order valence-electron chi connectivity index (χ2n) is 7.16. The van der Waals surface area contributed by atoms with Gasteiger partial charge < -0.3 is 4.52 Å². The van der Waals surface area contributed by atoms with Crippen molar-refractivity contribution in [2.24, 2.45) is 0 Å². The van der Waals surface area contributed by atoms with Crippen molar-refractivity contribution in [3.05, 3.63) is 100 Å². The number of hydrogen-bond donors (Lipinski definition) is 0. The Kier molecular flexibility index (Phi) is 6.92. The Morgan fingerprint density at radius 3 is 1.48 bits per heavy atom. The molecule has 0 aliphatic carbocycles. The molecule has 0 saturated heterocycles. The second kappa shape index (κ2) is 9.41. The Labute approximate surface area is 173 Å². The summed E-state index contributed by atoms with van der Waals surface area (Å²) in [5.41, 5.74) is 5.76. The first kappa shape index (κ1) is 21.3. The maximum Gasteiger partial charge on any atom is 0.530 e. The van der Waals surface area contributed by atoms with Crippen LogP contribution in [0.5, 0.6) is 5.75 Å². The highest BCUT2D eigenvalue weighted by atomic mass is 31.2. The van der Waals surface area contributed by atoms with Crippen LogP contribution >= 0.6 is 7.82 Å². The number of benzene rings is 3. The van der Waals surface area contributed by atoms with E-state index in [9.17, 15) is 4.57 Å². The van der Waals surface area contributed by atoms with Gasteiger partial charge in [-0.3, -0.25) is 9.05 Å². The molecule has 0 amide bonds. The third-order valence-electron chi connectivity index (χ3n) is 4.89. The van der Waals surface area contributed by atoms with E-state index in [-0.39, 0.29) is 13.2 Å². The van der Waals surface area contributed by atoms with Gasteiger partial charge in [0.15, 0.2) is 0 Å². The molecular weight excluding hydrogens is 383 g/mol. The molecule has 5 heteroatoms. The monoisotopic (exact) mass is 410 g/mol. The van der Waals surface area contributed by atoms with Crippen LogP contribution < -0.4 is 4.52 Å². The largest absolute Gasteiger partial charge is 0.530 e. The molecule has 0 spiro atoms. The molecule has 0 radical (unpaired) electrons. The van der Waals surface area contributed by atoms with Crippen LogP contribution in [0.2, 0.25) is 0 Å². The minimum Gasteiger partial charge on any atom is -0.403 e. The predicted molar refractivity (Wildman–Crippen MR) is 116 cm³/mol. The van der Waals surface area contributed by atoms with Crippen molar-refractivity contribution in [1.29, 1.82) is 0 Å². The molecule has 0 unspecified atom stereocenters. The minimum absolute atomic E-state index is 0.142. The van der Waals surface area contributed by atoms with E-state index in [0.717, 1.165) is 33.4 Å². The zero-order valence-electron chi connectivity index (χ0n) is 17.3. The fourth-order valence-electron chi connectivity index (χ4n) is 2.99. The van der Waals surface area contributed by atoms with E-state index in [1.54, 1.807) is 0 Å². The Morgan fingerprint density at radius 2 is 1.03 bits per heavy atom. The van der Waals surface area contributed by atoms with Crippen molar-refractivity contribution in [2.45, 2.75) is 40.9 Å². The second-order valence-corrected chi connectivity index (χ2v) is 8.75. The molecule has 29 heavy (non-hydrogen) atoms. The van der Waals surface area contributed by atoms with Crippen LogP contribution in [0.4, 0.5) is 0 Å². The zero-order chi connectivity index (χ0) is 20.9. The fourth-order valence-corrected chi connectivity index (χ4v) is 4.27. The summed E-state index contributed by atoms with van der Waals surface area (Å²) in [6.07, 6.45) is 0. The van der Waals surface area contributed by atoms with Crippen LogP contribution in [0.1, 0.15) is 33.4 Å². The number of rotatable bonds is 8. The quantitative estimate of drug-likeness (QED) is 0.381. The van der Waals surface area contributed by atoms with Crippen molar-refractivity contribution >= 4 is 7.82 Å². The molecule has 0 aromatic heterocycles. The van der Waals surface area contributed by atoms with Gasteiger partial charge in [0.25, 0.3) is 0 Å². The molecule has 3 aromatic carbocycles. The molecule has 0 saturated carbocycles. The van der Waals surface area contributed by atoms with Gasteiger partial charge in [-0.1, -0.05) is 66.7 Å². The van der Waals surface area contributed by atoms with Gasteiger partial charge >= 0.3 is 7.82 Å². The lowest BCUT2D eigenvalue weighted by atomic mass is 10.1. The van der Waals surface area contributed by atoms with Crippen LogP contribution in [0.25, 0.3) is 0 Å². The Hall–Kier alpha value is -2.39. The Morgan fingerprint density at radius 1 is 0.621 bits per heavy atom. The van der Waals surface area contributed by atoms with E-state index in [0.29, 0.717) is 5.75 Å². The van der Waals surface area contributed by atoms with Crippen LogP contribution in [0.15, 0.2) is 66.7 Å². The van der Waals surface area contributed by atoms with Crippen molar-refractivity contribution in [2.75, 3.05) is 0 Å². The average molecular weight is 410 g/mol. The van der Waals surface area contributed by atoms with E-state index < -0.39 is 7.82 Å². The van der Waals surface area contributed by atoms with Gasteiger partial charge in [-0.15, -0.1) is 0 Å². The zero-order valence-corrected chi connectivity index (χ0v) is 18.2. The van der Waals surface area contributed by atoms with E-state index in [1.807, 2.05) is 94.4 Å². The molecule has 0 aliphatic heterocycles. The lowest BCUT2D eigenvalue weighted by molar-refractivity contribution is 0.142. The van der Waals surface area contributed by atoms with Gasteiger partial charge in [0.1, 0.15) is 5.75 Å². The van der Waals surface area contributed by atoms with Gasteiger partial charge in [0, 0.05) is 0 Å². The van der Waals surface area contributed by atoms with E-state index in [1.165, 1.54) is 0 Å². The van der Waals surface area contributed by atoms with Gasteiger partial charge in [-0.2, -0.15) is 0 Å². The van der Waals surface area contributed by atoms with Crippen LogP contribution in [-0.2, 0) is 26.8 Å². The number of phosphoric acid groups is 1. The lowest BCUT2D eigenvalue weighted by Crippen LogP contribution is -2.06. The molecule has 0 aliphatic rings. The maximum atomic E-state index is 13.6. The molecule has 3 rings (SSSR count). The third-order valence-corrected chi connectivity index (χ3v) is 6.19. The lowest BCUT2D eigenvalue weighted by Gasteiger charge is -2.21. The summed E-state index contributed by atoms with van der Waals surface area (Å²) in [4.78, 5) is 0. The molecule has 0 N–H and O–H groups in total. The van der Waals surface area contributed by atoms with Crippen molar-refractivity contribution < 1.29 is 18.1 Å². The van der Waals surface area contributed by atoms with Crippen molar-refractivity contribution in [1.82, 2.24) is 0 Å². The predicted octanol–water partition coefficient (Wildman–Crippen LogP) is 6.84. The first-order valence-corrected chi connectivity index (χ1v) is 11.1. The van der Waals surface area contributed by atoms with Gasteiger partial charge in [-0.05, 0) is 61.1 Å². The number of phosphoric ester groups is 1. The van der Waals surface area contributed by atoms with E-state index in [4.69, 9.17) is 13.6 Å². The maximum absolute atomic E-state index is 13.6. The molecule has 0 heterocycles. The summed E-state index contributed by atoms with van der Waals surface area (Å²) in [5, 5.41) is 0. The topological polar surface area (TPSA) is 44.8 Å². The van der Waals surface area contributed by atoms with Gasteiger partial charge in [0.05, 0.1) is 13.2 Å². The summed E-state index contributed by atoms with van der Waals surface area (Å²) in [7, 11) is -3.87. The third kappa shape index (κ3) is 5.57. The molecular formula is C24H27O4P. The van der Waals surface area contributed by atoms with E-state index >= 15 is 0 Å². The number of para-hydroxylation sites is 1. The summed E-state index contributed by atoms with van der Waals surface area (Å²) in [6, 6.07) is 21.4. The standard InChI is InChI=1S/C24H27O4P/c1-18-10-5-7-14-22(18)16-26-29(25,27-17-23-15-8-6-11-19(23)2)28-24-20(3)12-9-13-21(24)4/h5-15H,16-17H2,1-4H3. The molecule has 152 valence electrons.